The Bertz CT molecular complexity index is 608. The topological polar surface area (TPSA) is 87.7 Å². The summed E-state index contributed by atoms with van der Waals surface area (Å²) in [6.45, 7) is 2.18. The van der Waals surface area contributed by atoms with Gasteiger partial charge in [-0.15, -0.1) is 0 Å². The van der Waals surface area contributed by atoms with Crippen LogP contribution in [0.1, 0.15) is 18.2 Å². The molecule has 0 amide bonds. The predicted molar refractivity (Wildman–Crippen MR) is 66.2 cm³/mol. The van der Waals surface area contributed by atoms with E-state index in [1.165, 1.54) is 12.4 Å². The molecule has 18 heavy (non-hydrogen) atoms. The fraction of sp³-hybridized carbons (Fsp3) is 0.273. The molecule has 2 heterocycles. The van der Waals surface area contributed by atoms with Crippen LogP contribution in [0.4, 0.5) is 0 Å². The molecule has 0 aliphatic carbocycles. The smallest absolute Gasteiger partial charge is 0.244 e. The van der Waals surface area contributed by atoms with Crippen molar-refractivity contribution in [2.45, 2.75) is 24.8 Å². The van der Waals surface area contributed by atoms with Crippen molar-refractivity contribution in [1.29, 1.82) is 0 Å². The molecule has 6 nitrogen and oxygen atoms in total. The van der Waals surface area contributed by atoms with Crippen LogP contribution in [0.2, 0.25) is 0 Å². The average Bonchev–Trinajstić information content (AvgIpc) is 2.91. The maximum absolute atomic E-state index is 11.9. The van der Waals surface area contributed by atoms with Gasteiger partial charge in [-0.05, 0) is 18.1 Å². The zero-order valence-electron chi connectivity index (χ0n) is 9.92. The number of rotatable bonds is 5. The Morgan fingerprint density at radius 2 is 2.28 bits per heavy atom. The van der Waals surface area contributed by atoms with Crippen LogP contribution in [-0.4, -0.2) is 23.6 Å². The van der Waals surface area contributed by atoms with Gasteiger partial charge in [0.05, 0.1) is 18.4 Å². The van der Waals surface area contributed by atoms with Crippen LogP contribution in [0.25, 0.3) is 0 Å². The van der Waals surface area contributed by atoms with E-state index >= 15 is 0 Å². The van der Waals surface area contributed by atoms with E-state index < -0.39 is 10.0 Å². The van der Waals surface area contributed by atoms with E-state index in [0.29, 0.717) is 0 Å². The summed E-state index contributed by atoms with van der Waals surface area (Å²) in [5.41, 5.74) is 1.78. The summed E-state index contributed by atoms with van der Waals surface area (Å²) in [7, 11) is -3.52. The maximum atomic E-state index is 11.9. The summed E-state index contributed by atoms with van der Waals surface area (Å²) in [6, 6.07) is 3.78. The summed E-state index contributed by atoms with van der Waals surface area (Å²) < 4.78 is 26.2. The Morgan fingerprint density at radius 1 is 1.44 bits per heavy atom. The zero-order valence-corrected chi connectivity index (χ0v) is 10.7. The van der Waals surface area contributed by atoms with Gasteiger partial charge in [0.15, 0.2) is 0 Å². The van der Waals surface area contributed by atoms with Crippen LogP contribution in [0, 0.1) is 0 Å². The van der Waals surface area contributed by atoms with Crippen molar-refractivity contribution in [2.75, 3.05) is 0 Å². The number of pyridine rings is 1. The number of nitrogens with zero attached hydrogens (tertiary/aromatic N) is 2. The molecule has 0 aliphatic rings. The average molecular weight is 266 g/mol. The minimum atomic E-state index is -3.52. The Kier molecular flexibility index (Phi) is 3.73. The molecule has 0 spiro atoms. The lowest BCUT2D eigenvalue weighted by atomic mass is 10.1. The molecule has 0 bridgehead atoms. The second-order valence-corrected chi connectivity index (χ2v) is 5.49. The molecule has 0 unspecified atom stereocenters. The van der Waals surface area contributed by atoms with Crippen molar-refractivity contribution < 1.29 is 8.42 Å². The number of hydrogen-bond acceptors (Lipinski definition) is 4. The molecule has 96 valence electrons. The van der Waals surface area contributed by atoms with Crippen LogP contribution in [0.3, 0.4) is 0 Å². The molecule has 2 aromatic rings. The maximum Gasteiger partial charge on any atom is 0.244 e. The van der Waals surface area contributed by atoms with Gasteiger partial charge in [0, 0.05) is 12.4 Å². The summed E-state index contributed by atoms with van der Waals surface area (Å²) in [5.74, 6) is 0. The second kappa shape index (κ2) is 5.28. The largest absolute Gasteiger partial charge is 0.284 e. The third-order valence-electron chi connectivity index (χ3n) is 2.58. The Labute approximate surface area is 106 Å². The van der Waals surface area contributed by atoms with Crippen LogP contribution in [0.15, 0.2) is 35.6 Å². The third kappa shape index (κ3) is 2.74. The van der Waals surface area contributed by atoms with Gasteiger partial charge in [-0.3, -0.25) is 10.1 Å². The molecular weight excluding hydrogens is 252 g/mol. The molecule has 2 N–H and O–H groups in total. The van der Waals surface area contributed by atoms with Gasteiger partial charge in [-0.1, -0.05) is 13.0 Å². The van der Waals surface area contributed by atoms with Crippen LogP contribution < -0.4 is 4.72 Å². The highest BCUT2D eigenvalue weighted by atomic mass is 32.2. The van der Waals surface area contributed by atoms with Crippen molar-refractivity contribution in [3.8, 4) is 0 Å². The van der Waals surface area contributed by atoms with Crippen molar-refractivity contribution in [3.05, 3.63) is 42.0 Å². The number of nitrogens with one attached hydrogen (secondary N) is 2. The lowest BCUT2D eigenvalue weighted by Gasteiger charge is -2.07. The van der Waals surface area contributed by atoms with Gasteiger partial charge in [0.2, 0.25) is 10.0 Å². The monoisotopic (exact) mass is 266 g/mol. The van der Waals surface area contributed by atoms with Gasteiger partial charge < -0.3 is 0 Å². The number of H-pyrrole nitrogens is 1. The lowest BCUT2D eigenvalue weighted by Crippen LogP contribution is -2.24. The van der Waals surface area contributed by atoms with E-state index in [1.54, 1.807) is 6.20 Å². The molecule has 0 saturated carbocycles. The zero-order chi connectivity index (χ0) is 13.0. The fourth-order valence-corrected chi connectivity index (χ4v) is 2.48. The second-order valence-electron chi connectivity index (χ2n) is 3.72. The van der Waals surface area contributed by atoms with Gasteiger partial charge in [0.1, 0.15) is 4.90 Å². The molecule has 7 heteroatoms. The normalized spacial score (nSPS) is 11.6. The first-order valence-electron chi connectivity index (χ1n) is 5.54. The molecule has 0 aliphatic heterocycles. The Morgan fingerprint density at radius 3 is 2.94 bits per heavy atom. The molecule has 0 fully saturated rings. The number of hydrogen-bond donors (Lipinski definition) is 2. The quantitative estimate of drug-likeness (QED) is 0.839. The van der Waals surface area contributed by atoms with Crippen molar-refractivity contribution >= 4 is 10.0 Å². The highest BCUT2D eigenvalue weighted by molar-refractivity contribution is 7.89. The molecule has 0 radical (unpaired) electrons. The van der Waals surface area contributed by atoms with Crippen LogP contribution in [-0.2, 0) is 23.0 Å². The van der Waals surface area contributed by atoms with E-state index in [2.05, 4.69) is 19.9 Å². The standard InChI is InChI=1S/C11H14N4O2S/c1-2-9-4-3-5-12-11(9)8-15-18(16,17)10-6-13-14-7-10/h3-7,15H,2,8H2,1H3,(H,13,14). The van der Waals surface area contributed by atoms with Gasteiger partial charge >= 0.3 is 0 Å². The Balaban J connectivity index is 2.13. The highest BCUT2D eigenvalue weighted by Crippen LogP contribution is 2.09. The van der Waals surface area contributed by atoms with Crippen LogP contribution in [0.5, 0.6) is 0 Å². The first-order chi connectivity index (χ1) is 8.63. The number of sulfonamides is 1. The van der Waals surface area contributed by atoms with Gasteiger partial charge in [0.25, 0.3) is 0 Å². The molecular formula is C11H14N4O2S. The molecule has 0 saturated heterocycles. The van der Waals surface area contributed by atoms with E-state index in [-0.39, 0.29) is 11.4 Å². The fourth-order valence-electron chi connectivity index (χ4n) is 1.59. The highest BCUT2D eigenvalue weighted by Gasteiger charge is 2.15. The molecule has 0 atom stereocenters. The van der Waals surface area contributed by atoms with Crippen molar-refractivity contribution in [1.82, 2.24) is 19.9 Å². The first kappa shape index (κ1) is 12.7. The van der Waals surface area contributed by atoms with Gasteiger partial charge in [-0.2, -0.15) is 5.10 Å². The SMILES string of the molecule is CCc1cccnc1CNS(=O)(=O)c1cn[nH]c1. The van der Waals surface area contributed by atoms with E-state index in [0.717, 1.165) is 17.7 Å². The Hall–Kier alpha value is -1.73. The minimum Gasteiger partial charge on any atom is -0.284 e. The van der Waals surface area contributed by atoms with E-state index in [9.17, 15) is 8.42 Å². The summed E-state index contributed by atoms with van der Waals surface area (Å²) in [5, 5.41) is 6.09. The molecule has 0 aromatic carbocycles. The number of aromatic nitrogens is 3. The minimum absolute atomic E-state index is 0.122. The van der Waals surface area contributed by atoms with Crippen molar-refractivity contribution in [2.24, 2.45) is 0 Å². The third-order valence-corrected chi connectivity index (χ3v) is 3.95. The molecule has 2 rings (SSSR count). The first-order valence-corrected chi connectivity index (χ1v) is 7.03. The predicted octanol–water partition coefficient (Wildman–Crippen LogP) is 0.846. The van der Waals surface area contributed by atoms with E-state index in [1.807, 2.05) is 19.1 Å². The van der Waals surface area contributed by atoms with Crippen LogP contribution >= 0.6 is 0 Å². The summed E-state index contributed by atoms with van der Waals surface area (Å²) in [4.78, 5) is 4.31. The summed E-state index contributed by atoms with van der Waals surface area (Å²) >= 11 is 0. The summed E-state index contributed by atoms with van der Waals surface area (Å²) in [6.07, 6.45) is 5.07. The molecule has 2 aromatic heterocycles. The van der Waals surface area contributed by atoms with Crippen molar-refractivity contribution in [3.63, 3.8) is 0 Å². The number of aromatic amines is 1. The lowest BCUT2D eigenvalue weighted by molar-refractivity contribution is 0.580. The van der Waals surface area contributed by atoms with Gasteiger partial charge in [-0.25, -0.2) is 13.1 Å². The number of aryl methyl sites for hydroxylation is 1. The van der Waals surface area contributed by atoms with E-state index in [4.69, 9.17) is 0 Å².